The van der Waals surface area contributed by atoms with Crippen LogP contribution in [0.4, 0.5) is 0 Å². The minimum absolute atomic E-state index is 0.00692. The average molecular weight is 301 g/mol. The molecular formula is C17H23N3O2. The molecule has 0 fully saturated rings. The fourth-order valence-corrected chi connectivity index (χ4v) is 2.86. The lowest BCUT2D eigenvalue weighted by Crippen LogP contribution is -2.38. The number of rotatable bonds is 6. The normalized spacial score (nSPS) is 20.1. The van der Waals surface area contributed by atoms with Gasteiger partial charge in [0.15, 0.2) is 0 Å². The number of fused-ring (bicyclic) bond motifs is 1. The van der Waals surface area contributed by atoms with Gasteiger partial charge in [0, 0.05) is 38.2 Å². The van der Waals surface area contributed by atoms with Crippen molar-refractivity contribution in [1.29, 1.82) is 0 Å². The zero-order valence-corrected chi connectivity index (χ0v) is 12.9. The van der Waals surface area contributed by atoms with Gasteiger partial charge in [0.25, 0.3) is 0 Å². The molecule has 2 aromatic heterocycles. The number of hydrogen-bond acceptors (Lipinski definition) is 4. The average Bonchev–Trinajstić information content (AvgIpc) is 3.02. The van der Waals surface area contributed by atoms with E-state index in [1.807, 2.05) is 23.0 Å². The highest BCUT2D eigenvalue weighted by Gasteiger charge is 2.20. The van der Waals surface area contributed by atoms with E-state index in [1.54, 1.807) is 0 Å². The van der Waals surface area contributed by atoms with Crippen LogP contribution in [0, 0.1) is 0 Å². The summed E-state index contributed by atoms with van der Waals surface area (Å²) in [7, 11) is 0. The highest BCUT2D eigenvalue weighted by molar-refractivity contribution is 5.69. The Morgan fingerprint density at radius 1 is 1.50 bits per heavy atom. The van der Waals surface area contributed by atoms with Gasteiger partial charge in [0.2, 0.25) is 0 Å². The maximum atomic E-state index is 9.09. The third-order valence-corrected chi connectivity index (χ3v) is 4.13. The summed E-state index contributed by atoms with van der Waals surface area (Å²) in [6.45, 7) is 3.06. The molecule has 0 spiro atoms. The van der Waals surface area contributed by atoms with E-state index in [2.05, 4.69) is 35.4 Å². The number of nitrogens with zero attached hydrogens (tertiary/aromatic N) is 2. The van der Waals surface area contributed by atoms with Crippen molar-refractivity contribution in [1.82, 2.24) is 14.7 Å². The molecule has 0 bridgehead atoms. The Labute approximate surface area is 130 Å². The standard InChI is InChI=1S/C17H23N3O2/c1-2-15(5-10-21)22-17-12-13(3-6-19-17)14-4-8-20-9-7-18-16(20)11-14/h3-4,7-9,11,15,17,19,21H,2,5-6,10,12H2,1H3. The smallest absolute Gasteiger partial charge is 0.137 e. The summed E-state index contributed by atoms with van der Waals surface area (Å²) >= 11 is 0. The summed E-state index contributed by atoms with van der Waals surface area (Å²) in [5, 5.41) is 12.5. The summed E-state index contributed by atoms with van der Waals surface area (Å²) in [4.78, 5) is 4.34. The maximum Gasteiger partial charge on any atom is 0.137 e. The maximum absolute atomic E-state index is 9.09. The van der Waals surface area contributed by atoms with Crippen molar-refractivity contribution < 1.29 is 9.84 Å². The second-order valence-electron chi connectivity index (χ2n) is 5.62. The van der Waals surface area contributed by atoms with Crippen LogP contribution in [0.3, 0.4) is 0 Å². The Balaban J connectivity index is 1.70. The zero-order valence-electron chi connectivity index (χ0n) is 12.9. The fourth-order valence-electron chi connectivity index (χ4n) is 2.86. The molecule has 3 rings (SSSR count). The number of aromatic nitrogens is 2. The van der Waals surface area contributed by atoms with Gasteiger partial charge < -0.3 is 14.2 Å². The Hall–Kier alpha value is -1.69. The molecule has 1 aliphatic rings. The van der Waals surface area contributed by atoms with Crippen molar-refractivity contribution in [2.24, 2.45) is 0 Å². The first-order chi connectivity index (χ1) is 10.8. The topological polar surface area (TPSA) is 58.8 Å². The van der Waals surface area contributed by atoms with Gasteiger partial charge in [-0.05, 0) is 36.1 Å². The van der Waals surface area contributed by atoms with Crippen LogP contribution in [0.2, 0.25) is 0 Å². The van der Waals surface area contributed by atoms with E-state index >= 15 is 0 Å². The SMILES string of the molecule is CCC(CCO)OC1CC(c2ccn3ccnc3c2)=CCN1. The molecule has 5 nitrogen and oxygen atoms in total. The van der Waals surface area contributed by atoms with E-state index in [9.17, 15) is 0 Å². The first kappa shape index (κ1) is 15.2. The molecule has 0 aromatic carbocycles. The molecular weight excluding hydrogens is 278 g/mol. The second kappa shape index (κ2) is 7.05. The molecule has 5 heteroatoms. The van der Waals surface area contributed by atoms with Crippen LogP contribution in [0.1, 0.15) is 31.7 Å². The summed E-state index contributed by atoms with van der Waals surface area (Å²) in [6.07, 6.45) is 10.6. The van der Waals surface area contributed by atoms with E-state index in [-0.39, 0.29) is 18.9 Å². The number of nitrogens with one attached hydrogen (secondary N) is 1. The molecule has 0 saturated carbocycles. The van der Waals surface area contributed by atoms with Crippen LogP contribution in [0.25, 0.3) is 11.2 Å². The Kier molecular flexibility index (Phi) is 4.87. The van der Waals surface area contributed by atoms with Crippen molar-refractivity contribution in [3.05, 3.63) is 42.4 Å². The molecule has 2 unspecified atom stereocenters. The van der Waals surface area contributed by atoms with Crippen LogP contribution >= 0.6 is 0 Å². The molecule has 2 N–H and O–H groups in total. The highest BCUT2D eigenvalue weighted by Crippen LogP contribution is 2.25. The first-order valence-corrected chi connectivity index (χ1v) is 7.92. The minimum atomic E-state index is 0.00692. The van der Waals surface area contributed by atoms with Gasteiger partial charge in [-0.25, -0.2) is 4.98 Å². The predicted octanol–water partition coefficient (Wildman–Crippen LogP) is 2.21. The monoisotopic (exact) mass is 301 g/mol. The molecule has 0 amide bonds. The van der Waals surface area contributed by atoms with Crippen molar-refractivity contribution in [2.45, 2.75) is 38.5 Å². The van der Waals surface area contributed by atoms with Crippen molar-refractivity contribution in [3.8, 4) is 0 Å². The predicted molar refractivity (Wildman–Crippen MR) is 86.4 cm³/mol. The third-order valence-electron chi connectivity index (χ3n) is 4.13. The van der Waals surface area contributed by atoms with Crippen LogP contribution < -0.4 is 5.32 Å². The Bertz CT molecular complexity index is 650. The van der Waals surface area contributed by atoms with Crippen molar-refractivity contribution >= 4 is 11.2 Å². The Morgan fingerprint density at radius 2 is 2.41 bits per heavy atom. The summed E-state index contributed by atoms with van der Waals surface area (Å²) < 4.78 is 8.08. The Morgan fingerprint density at radius 3 is 3.23 bits per heavy atom. The van der Waals surface area contributed by atoms with Gasteiger partial charge in [-0.15, -0.1) is 0 Å². The van der Waals surface area contributed by atoms with E-state index in [0.29, 0.717) is 6.42 Å². The lowest BCUT2D eigenvalue weighted by molar-refractivity contribution is -0.0382. The van der Waals surface area contributed by atoms with E-state index < -0.39 is 0 Å². The number of aliphatic hydroxyl groups excluding tert-OH is 1. The molecule has 0 aliphatic carbocycles. The summed E-state index contributed by atoms with van der Waals surface area (Å²) in [5.74, 6) is 0. The fraction of sp³-hybridized carbons (Fsp3) is 0.471. The number of pyridine rings is 1. The highest BCUT2D eigenvalue weighted by atomic mass is 16.5. The van der Waals surface area contributed by atoms with Crippen LogP contribution in [0.5, 0.6) is 0 Å². The van der Waals surface area contributed by atoms with E-state index in [1.165, 1.54) is 11.1 Å². The van der Waals surface area contributed by atoms with E-state index in [4.69, 9.17) is 9.84 Å². The van der Waals surface area contributed by atoms with Crippen molar-refractivity contribution in [3.63, 3.8) is 0 Å². The third kappa shape index (κ3) is 3.38. The van der Waals surface area contributed by atoms with Crippen LogP contribution in [-0.4, -0.2) is 40.0 Å². The molecule has 1 aliphatic heterocycles. The molecule has 3 heterocycles. The molecule has 2 aromatic rings. The summed E-state index contributed by atoms with van der Waals surface area (Å²) in [6, 6.07) is 4.23. The lowest BCUT2D eigenvalue weighted by atomic mass is 10.00. The van der Waals surface area contributed by atoms with Gasteiger partial charge in [0.1, 0.15) is 11.9 Å². The molecule has 0 radical (unpaired) electrons. The quantitative estimate of drug-likeness (QED) is 0.859. The van der Waals surface area contributed by atoms with Crippen molar-refractivity contribution in [2.75, 3.05) is 13.2 Å². The van der Waals surface area contributed by atoms with Gasteiger partial charge in [-0.1, -0.05) is 13.0 Å². The number of imidazole rings is 1. The number of hydrogen-bond donors (Lipinski definition) is 2. The second-order valence-corrected chi connectivity index (χ2v) is 5.62. The molecule has 118 valence electrons. The molecule has 0 saturated heterocycles. The number of aliphatic hydroxyl groups is 1. The molecule has 2 atom stereocenters. The first-order valence-electron chi connectivity index (χ1n) is 7.92. The van der Waals surface area contributed by atoms with Gasteiger partial charge in [-0.3, -0.25) is 5.32 Å². The van der Waals surface area contributed by atoms with Gasteiger partial charge in [0.05, 0.1) is 6.10 Å². The zero-order chi connectivity index (χ0) is 15.4. The molecule has 22 heavy (non-hydrogen) atoms. The minimum Gasteiger partial charge on any atom is -0.396 e. The van der Waals surface area contributed by atoms with Gasteiger partial charge in [-0.2, -0.15) is 0 Å². The van der Waals surface area contributed by atoms with Gasteiger partial charge >= 0.3 is 0 Å². The van der Waals surface area contributed by atoms with Crippen LogP contribution in [0.15, 0.2) is 36.8 Å². The van der Waals surface area contributed by atoms with Crippen LogP contribution in [-0.2, 0) is 4.74 Å². The van der Waals surface area contributed by atoms with E-state index in [0.717, 1.165) is 25.0 Å². The number of ether oxygens (including phenoxy) is 1. The summed E-state index contributed by atoms with van der Waals surface area (Å²) in [5.41, 5.74) is 3.44. The lowest BCUT2D eigenvalue weighted by Gasteiger charge is -2.28. The largest absolute Gasteiger partial charge is 0.396 e.